The van der Waals surface area contributed by atoms with Gasteiger partial charge in [-0.25, -0.2) is 4.98 Å². The molecule has 0 aliphatic rings. The lowest BCUT2D eigenvalue weighted by Crippen LogP contribution is -2.23. The molecule has 1 amide bonds. The molecule has 0 saturated carbocycles. The van der Waals surface area contributed by atoms with Crippen LogP contribution in [0.1, 0.15) is 6.42 Å². The Kier molecular flexibility index (Phi) is 5.03. The number of anilines is 1. The van der Waals surface area contributed by atoms with Crippen LogP contribution in [0.25, 0.3) is 10.2 Å². The molecule has 25 heavy (non-hydrogen) atoms. The minimum absolute atomic E-state index is 0.00897. The van der Waals surface area contributed by atoms with Crippen LogP contribution in [0, 0.1) is 0 Å². The second-order valence-corrected chi connectivity index (χ2v) is 5.98. The highest BCUT2D eigenvalue weighted by Gasteiger charge is 2.08. The van der Waals surface area contributed by atoms with Gasteiger partial charge in [0, 0.05) is 18.7 Å². The molecule has 0 spiro atoms. The molecule has 0 radical (unpaired) electrons. The van der Waals surface area contributed by atoms with E-state index < -0.39 is 6.61 Å². The predicted molar refractivity (Wildman–Crippen MR) is 90.2 cm³/mol. The van der Waals surface area contributed by atoms with Gasteiger partial charge in [0.2, 0.25) is 5.91 Å². The largest absolute Gasteiger partial charge is 0.435 e. The molecule has 6 nitrogen and oxygen atoms in total. The number of aryl methyl sites for hydroxylation is 1. The van der Waals surface area contributed by atoms with Gasteiger partial charge < -0.3 is 10.1 Å². The molecular formula is C16H13F2N3O3S. The predicted octanol–water partition coefficient (Wildman–Crippen LogP) is 3.09. The molecule has 0 unspecified atom stereocenters. The normalized spacial score (nSPS) is 11.0. The molecule has 0 saturated heterocycles. The number of hydrogen-bond acceptors (Lipinski definition) is 5. The number of rotatable bonds is 6. The summed E-state index contributed by atoms with van der Waals surface area (Å²) in [6.07, 6.45) is 1.50. The second kappa shape index (κ2) is 7.39. The summed E-state index contributed by atoms with van der Waals surface area (Å²) in [5.74, 6) is -0.297. The number of hydrogen-bond donors (Lipinski definition) is 1. The Balaban J connectivity index is 1.58. The Hall–Kier alpha value is -2.81. The molecule has 1 aromatic carbocycles. The number of benzene rings is 1. The molecule has 0 aliphatic carbocycles. The van der Waals surface area contributed by atoms with E-state index in [-0.39, 0.29) is 30.2 Å². The van der Waals surface area contributed by atoms with Crippen molar-refractivity contribution >= 4 is 33.1 Å². The fraction of sp³-hybridized carbons (Fsp3) is 0.188. The Morgan fingerprint density at radius 1 is 1.28 bits per heavy atom. The third kappa shape index (κ3) is 4.18. The van der Waals surface area contributed by atoms with E-state index in [1.807, 2.05) is 0 Å². The van der Waals surface area contributed by atoms with Crippen molar-refractivity contribution in [2.45, 2.75) is 19.6 Å². The van der Waals surface area contributed by atoms with Crippen molar-refractivity contribution in [3.05, 3.63) is 52.4 Å². The molecule has 0 aliphatic heterocycles. The average Bonchev–Trinajstić information content (AvgIpc) is 3.05. The van der Waals surface area contributed by atoms with Crippen LogP contribution in [0.2, 0.25) is 0 Å². The van der Waals surface area contributed by atoms with Crippen LogP contribution in [0.15, 0.2) is 46.8 Å². The number of carbonyl (C=O) groups excluding carboxylic acids is 1. The Bertz CT molecular complexity index is 938. The quantitative estimate of drug-likeness (QED) is 0.729. The van der Waals surface area contributed by atoms with Gasteiger partial charge >= 0.3 is 6.61 Å². The van der Waals surface area contributed by atoms with Crippen LogP contribution in [-0.2, 0) is 11.3 Å². The smallest absolute Gasteiger partial charge is 0.387 e. The first-order valence-electron chi connectivity index (χ1n) is 7.30. The second-order valence-electron chi connectivity index (χ2n) is 5.08. The van der Waals surface area contributed by atoms with E-state index in [1.165, 1.54) is 46.5 Å². The molecule has 2 aromatic heterocycles. The van der Waals surface area contributed by atoms with Gasteiger partial charge in [0.25, 0.3) is 5.56 Å². The van der Waals surface area contributed by atoms with Gasteiger partial charge in [-0.1, -0.05) is 0 Å². The highest BCUT2D eigenvalue weighted by Crippen LogP contribution is 2.18. The maximum Gasteiger partial charge on any atom is 0.387 e. The number of alkyl halides is 2. The minimum Gasteiger partial charge on any atom is -0.435 e. The topological polar surface area (TPSA) is 73.2 Å². The van der Waals surface area contributed by atoms with Gasteiger partial charge in [-0.3, -0.25) is 14.2 Å². The van der Waals surface area contributed by atoms with Crippen LogP contribution in [0.4, 0.5) is 14.5 Å². The fourth-order valence-corrected chi connectivity index (χ4v) is 2.94. The van der Waals surface area contributed by atoms with Crippen molar-refractivity contribution in [3.8, 4) is 5.75 Å². The number of amides is 1. The summed E-state index contributed by atoms with van der Waals surface area (Å²) in [4.78, 5) is 29.0. The van der Waals surface area contributed by atoms with E-state index in [2.05, 4.69) is 15.0 Å². The standard InChI is InChI=1S/C16H13F2N3O3S/c17-16(18)24-11-3-1-10(2-4-11)20-13(22)5-7-21-9-19-14-12(15(21)23)6-8-25-14/h1-4,6,8-9,16H,5,7H2,(H,20,22). The summed E-state index contributed by atoms with van der Waals surface area (Å²) >= 11 is 1.38. The zero-order chi connectivity index (χ0) is 17.8. The Morgan fingerprint density at radius 3 is 2.76 bits per heavy atom. The van der Waals surface area contributed by atoms with E-state index in [9.17, 15) is 18.4 Å². The first-order chi connectivity index (χ1) is 12.0. The molecular weight excluding hydrogens is 352 g/mol. The Labute approximate surface area is 144 Å². The highest BCUT2D eigenvalue weighted by molar-refractivity contribution is 7.16. The van der Waals surface area contributed by atoms with Gasteiger partial charge in [-0.15, -0.1) is 11.3 Å². The van der Waals surface area contributed by atoms with Crippen molar-refractivity contribution < 1.29 is 18.3 Å². The van der Waals surface area contributed by atoms with Gasteiger partial charge in [0.1, 0.15) is 10.6 Å². The third-order valence-electron chi connectivity index (χ3n) is 3.39. The summed E-state index contributed by atoms with van der Waals surface area (Å²) in [5.41, 5.74) is 0.262. The SMILES string of the molecule is O=C(CCn1cnc2sccc2c1=O)Nc1ccc(OC(F)F)cc1. The molecule has 130 valence electrons. The van der Waals surface area contributed by atoms with Crippen molar-refractivity contribution in [1.82, 2.24) is 9.55 Å². The molecule has 9 heteroatoms. The molecule has 3 aromatic rings. The van der Waals surface area contributed by atoms with Gasteiger partial charge in [-0.2, -0.15) is 8.78 Å². The van der Waals surface area contributed by atoms with Crippen LogP contribution in [-0.4, -0.2) is 22.1 Å². The van der Waals surface area contributed by atoms with Crippen LogP contribution >= 0.6 is 11.3 Å². The minimum atomic E-state index is -2.90. The molecule has 2 heterocycles. The first-order valence-corrected chi connectivity index (χ1v) is 8.18. The summed E-state index contributed by atoms with van der Waals surface area (Å²) in [5, 5.41) is 4.95. The number of nitrogens with one attached hydrogen (secondary N) is 1. The molecule has 0 bridgehead atoms. The maximum atomic E-state index is 12.2. The molecule has 0 atom stereocenters. The number of aromatic nitrogens is 2. The van der Waals surface area contributed by atoms with E-state index >= 15 is 0 Å². The lowest BCUT2D eigenvalue weighted by molar-refractivity contribution is -0.116. The number of thiophene rings is 1. The van der Waals surface area contributed by atoms with Crippen LogP contribution in [0.5, 0.6) is 5.75 Å². The van der Waals surface area contributed by atoms with Crippen molar-refractivity contribution in [3.63, 3.8) is 0 Å². The molecule has 3 rings (SSSR count). The van der Waals surface area contributed by atoms with E-state index in [0.717, 1.165) is 0 Å². The summed E-state index contributed by atoms with van der Waals surface area (Å²) < 4.78 is 29.8. The number of fused-ring (bicyclic) bond motifs is 1. The van der Waals surface area contributed by atoms with Crippen molar-refractivity contribution in [2.75, 3.05) is 5.32 Å². The zero-order valence-electron chi connectivity index (χ0n) is 12.8. The third-order valence-corrected chi connectivity index (χ3v) is 4.21. The summed E-state index contributed by atoms with van der Waals surface area (Å²) in [7, 11) is 0. The zero-order valence-corrected chi connectivity index (χ0v) is 13.6. The summed E-state index contributed by atoms with van der Waals surface area (Å²) in [6, 6.07) is 7.29. The highest BCUT2D eigenvalue weighted by atomic mass is 32.1. The average molecular weight is 365 g/mol. The van der Waals surface area contributed by atoms with E-state index in [4.69, 9.17) is 0 Å². The summed E-state index contributed by atoms with van der Waals surface area (Å²) in [6.45, 7) is -2.70. The van der Waals surface area contributed by atoms with Gasteiger partial charge in [0.15, 0.2) is 0 Å². The first kappa shape index (κ1) is 17.0. The van der Waals surface area contributed by atoms with E-state index in [0.29, 0.717) is 15.9 Å². The lowest BCUT2D eigenvalue weighted by atomic mass is 10.3. The molecule has 0 fully saturated rings. The number of carbonyl (C=O) groups is 1. The van der Waals surface area contributed by atoms with Crippen LogP contribution in [0.3, 0.4) is 0 Å². The van der Waals surface area contributed by atoms with Gasteiger partial charge in [-0.05, 0) is 35.7 Å². The molecule has 1 N–H and O–H groups in total. The van der Waals surface area contributed by atoms with E-state index in [1.54, 1.807) is 11.4 Å². The number of nitrogens with zero attached hydrogens (tertiary/aromatic N) is 2. The Morgan fingerprint density at radius 2 is 2.04 bits per heavy atom. The lowest BCUT2D eigenvalue weighted by Gasteiger charge is -2.08. The fourth-order valence-electron chi connectivity index (χ4n) is 2.22. The maximum absolute atomic E-state index is 12.2. The van der Waals surface area contributed by atoms with Crippen molar-refractivity contribution in [2.24, 2.45) is 0 Å². The van der Waals surface area contributed by atoms with Crippen LogP contribution < -0.4 is 15.6 Å². The number of halogens is 2. The van der Waals surface area contributed by atoms with Gasteiger partial charge in [0.05, 0.1) is 11.7 Å². The monoisotopic (exact) mass is 365 g/mol. The number of ether oxygens (including phenoxy) is 1. The van der Waals surface area contributed by atoms with Crippen molar-refractivity contribution in [1.29, 1.82) is 0 Å².